The molecule has 1 aliphatic rings. The van der Waals surface area contributed by atoms with Crippen LogP contribution in [0.1, 0.15) is 7.43 Å². The molecule has 1 N–H and O–H groups in total. The summed E-state index contributed by atoms with van der Waals surface area (Å²) in [7, 11) is 0. The summed E-state index contributed by atoms with van der Waals surface area (Å²) in [4.78, 5) is 3.85. The van der Waals surface area contributed by atoms with Gasteiger partial charge in [-0.15, -0.1) is 6.58 Å². The monoisotopic (exact) mass is 254 g/mol. The van der Waals surface area contributed by atoms with E-state index in [2.05, 4.69) is 39.5 Å². The van der Waals surface area contributed by atoms with Crippen molar-refractivity contribution in [1.82, 2.24) is 5.32 Å². The van der Waals surface area contributed by atoms with Crippen molar-refractivity contribution >= 4 is 28.9 Å². The van der Waals surface area contributed by atoms with E-state index in [4.69, 9.17) is 0 Å². The molecule has 0 radical (unpaired) electrons. The van der Waals surface area contributed by atoms with Crippen molar-refractivity contribution in [2.75, 3.05) is 17.5 Å². The zero-order chi connectivity index (χ0) is 6.95. The average Bonchev–Trinajstić information content (AvgIpc) is 2.43. The summed E-state index contributed by atoms with van der Waals surface area (Å²) in [6, 6.07) is 0. The third-order valence-electron chi connectivity index (χ3n) is 0.677. The fourth-order valence-corrected chi connectivity index (χ4v) is 0.323. The van der Waals surface area contributed by atoms with E-state index < -0.39 is 0 Å². The first-order valence-corrected chi connectivity index (χ1v) is 4.33. The number of nitrogens with zero attached hydrogens (tertiary/aromatic N) is 1. The fraction of sp³-hybridized carbons (Fsp3) is 0.571. The first kappa shape index (κ1) is 12.6. The summed E-state index contributed by atoms with van der Waals surface area (Å²) in [5.41, 5.74) is 0. The molecule has 10 heavy (non-hydrogen) atoms. The molecule has 60 valence electrons. The van der Waals surface area contributed by atoms with Crippen LogP contribution in [0.2, 0.25) is 0 Å². The maximum absolute atomic E-state index is 3.85. The first-order chi connectivity index (χ1) is 4.41. The highest BCUT2D eigenvalue weighted by atomic mass is 127. The van der Waals surface area contributed by atoms with E-state index in [0.717, 1.165) is 17.5 Å². The minimum atomic E-state index is 0. The lowest BCUT2D eigenvalue weighted by molar-refractivity contribution is 0.965. The zero-order valence-electron chi connectivity index (χ0n) is 5.31. The SMILES string of the molecule is C.C1=NCCN1.C=CCI. The van der Waals surface area contributed by atoms with Crippen LogP contribution in [-0.4, -0.2) is 23.9 Å². The van der Waals surface area contributed by atoms with Crippen molar-refractivity contribution in [3.05, 3.63) is 12.7 Å². The Labute approximate surface area is 77.0 Å². The van der Waals surface area contributed by atoms with Crippen molar-refractivity contribution in [3.63, 3.8) is 0 Å². The van der Waals surface area contributed by atoms with Crippen molar-refractivity contribution in [2.45, 2.75) is 7.43 Å². The molecule has 0 bridgehead atoms. The molecule has 1 rings (SSSR count). The Morgan fingerprint density at radius 2 is 2.40 bits per heavy atom. The quantitative estimate of drug-likeness (QED) is 0.431. The van der Waals surface area contributed by atoms with Crippen molar-refractivity contribution in [3.8, 4) is 0 Å². The lowest BCUT2D eigenvalue weighted by Gasteiger charge is -1.75. The molecule has 0 aliphatic carbocycles. The molecule has 0 aromatic carbocycles. The molecule has 1 heterocycles. The Balaban J connectivity index is 0. The van der Waals surface area contributed by atoms with E-state index in [1.807, 2.05) is 6.08 Å². The maximum atomic E-state index is 3.85. The first-order valence-electron chi connectivity index (χ1n) is 2.80. The number of hydrogen-bond acceptors (Lipinski definition) is 2. The van der Waals surface area contributed by atoms with Crippen LogP contribution in [0.15, 0.2) is 17.6 Å². The summed E-state index contributed by atoms with van der Waals surface area (Å²) in [6.07, 6.45) is 3.60. The number of alkyl halides is 1. The highest BCUT2D eigenvalue weighted by Crippen LogP contribution is 1.75. The lowest BCUT2D eigenvalue weighted by Crippen LogP contribution is -2.04. The third-order valence-corrected chi connectivity index (χ3v) is 1.30. The molecule has 3 heteroatoms. The number of rotatable bonds is 1. The van der Waals surface area contributed by atoms with Gasteiger partial charge in [-0.1, -0.05) is 36.1 Å². The third kappa shape index (κ3) is 10.8. The molecule has 0 saturated heterocycles. The molecular formula is C7H15IN2. The average molecular weight is 254 g/mol. The van der Waals surface area contributed by atoms with Gasteiger partial charge in [0, 0.05) is 11.0 Å². The standard InChI is InChI=1S/C3H5I.C3H6N2.CH4/c1-2-3-4;1-2-5-3-4-1;/h2H,1,3H2;3H,1-2H2,(H,4,5);1H4. The van der Waals surface area contributed by atoms with Gasteiger partial charge in [-0.25, -0.2) is 0 Å². The van der Waals surface area contributed by atoms with Crippen LogP contribution in [-0.2, 0) is 0 Å². The fourth-order valence-electron chi connectivity index (χ4n) is 0.323. The molecule has 0 atom stereocenters. The molecule has 0 aromatic heterocycles. The lowest BCUT2D eigenvalue weighted by atomic mass is 10.7. The minimum absolute atomic E-state index is 0. The normalized spacial score (nSPS) is 12.1. The Morgan fingerprint density at radius 1 is 1.80 bits per heavy atom. The van der Waals surface area contributed by atoms with Gasteiger partial charge in [0.1, 0.15) is 0 Å². The summed E-state index contributed by atoms with van der Waals surface area (Å²) in [6.45, 7) is 5.46. The van der Waals surface area contributed by atoms with Crippen LogP contribution >= 0.6 is 22.6 Å². The zero-order valence-corrected chi connectivity index (χ0v) is 7.47. The van der Waals surface area contributed by atoms with Gasteiger partial charge < -0.3 is 5.32 Å². The molecule has 0 saturated carbocycles. The van der Waals surface area contributed by atoms with Gasteiger partial charge in [-0.2, -0.15) is 0 Å². The number of allylic oxidation sites excluding steroid dienone is 1. The largest absolute Gasteiger partial charge is 0.375 e. The number of halogens is 1. The topological polar surface area (TPSA) is 24.4 Å². The minimum Gasteiger partial charge on any atom is -0.375 e. The number of aliphatic imine (C=N–C) groups is 1. The van der Waals surface area contributed by atoms with Gasteiger partial charge in [-0.3, -0.25) is 4.99 Å². The van der Waals surface area contributed by atoms with Crippen LogP contribution in [0.4, 0.5) is 0 Å². The van der Waals surface area contributed by atoms with Crippen molar-refractivity contribution < 1.29 is 0 Å². The highest BCUT2D eigenvalue weighted by molar-refractivity contribution is 14.1. The van der Waals surface area contributed by atoms with Crippen LogP contribution < -0.4 is 5.32 Å². The van der Waals surface area contributed by atoms with E-state index in [1.165, 1.54) is 0 Å². The summed E-state index contributed by atoms with van der Waals surface area (Å²) < 4.78 is 1.05. The van der Waals surface area contributed by atoms with E-state index in [9.17, 15) is 0 Å². The number of hydrogen-bond donors (Lipinski definition) is 1. The van der Waals surface area contributed by atoms with Crippen molar-refractivity contribution in [1.29, 1.82) is 0 Å². The second-order valence-corrected chi connectivity index (χ2v) is 2.31. The van der Waals surface area contributed by atoms with E-state index in [0.29, 0.717) is 0 Å². The van der Waals surface area contributed by atoms with Crippen LogP contribution in [0.3, 0.4) is 0 Å². The van der Waals surface area contributed by atoms with Crippen LogP contribution in [0.5, 0.6) is 0 Å². The van der Waals surface area contributed by atoms with Crippen LogP contribution in [0, 0.1) is 0 Å². The van der Waals surface area contributed by atoms with Crippen LogP contribution in [0.25, 0.3) is 0 Å². The summed E-state index contributed by atoms with van der Waals surface area (Å²) in [5.74, 6) is 0. The van der Waals surface area contributed by atoms with Gasteiger partial charge in [0.25, 0.3) is 0 Å². The molecule has 0 spiro atoms. The highest BCUT2D eigenvalue weighted by Gasteiger charge is 1.82. The summed E-state index contributed by atoms with van der Waals surface area (Å²) in [5, 5.41) is 2.93. The van der Waals surface area contributed by atoms with Crippen molar-refractivity contribution in [2.24, 2.45) is 4.99 Å². The molecule has 0 fully saturated rings. The van der Waals surface area contributed by atoms with E-state index in [1.54, 1.807) is 6.34 Å². The second kappa shape index (κ2) is 11.7. The van der Waals surface area contributed by atoms with Gasteiger partial charge in [-0.05, 0) is 0 Å². The Morgan fingerprint density at radius 3 is 2.50 bits per heavy atom. The van der Waals surface area contributed by atoms with E-state index >= 15 is 0 Å². The van der Waals surface area contributed by atoms with E-state index in [-0.39, 0.29) is 7.43 Å². The van der Waals surface area contributed by atoms with Gasteiger partial charge in [0.05, 0.1) is 12.9 Å². The second-order valence-electron chi connectivity index (χ2n) is 1.43. The molecular weight excluding hydrogens is 239 g/mol. The Hall–Kier alpha value is -0.0600. The molecule has 2 nitrogen and oxygen atoms in total. The molecule has 1 aliphatic heterocycles. The predicted octanol–water partition coefficient (Wildman–Crippen LogP) is 1.86. The molecule has 0 amide bonds. The predicted molar refractivity (Wildman–Crippen MR) is 57.2 cm³/mol. The van der Waals surface area contributed by atoms with Gasteiger partial charge in [0.2, 0.25) is 0 Å². The smallest absolute Gasteiger partial charge is 0.0825 e. The van der Waals surface area contributed by atoms with Gasteiger partial charge >= 0.3 is 0 Å². The molecule has 0 unspecified atom stereocenters. The summed E-state index contributed by atoms with van der Waals surface area (Å²) >= 11 is 2.23. The Kier molecular flexibility index (Phi) is 14.7. The molecule has 0 aromatic rings. The van der Waals surface area contributed by atoms with Gasteiger partial charge in [0.15, 0.2) is 0 Å². The maximum Gasteiger partial charge on any atom is 0.0825 e. The number of nitrogens with one attached hydrogen (secondary N) is 1. The Bertz CT molecular complexity index is 85.6.